The number of benzene rings is 4. The molecule has 2 nitrogen and oxygen atoms in total. The maximum Gasteiger partial charge on any atom is 0.0705 e. The molecule has 182 valence electrons. The largest absolute Gasteiger partial charge is 0.362 e. The van der Waals surface area contributed by atoms with Gasteiger partial charge in [-0.2, -0.15) is 0 Å². The predicted octanol–water partition coefficient (Wildman–Crippen LogP) is 7.50. The molecule has 1 aliphatic carbocycles. The number of hydrogen-bond donors (Lipinski definition) is 1. The van der Waals surface area contributed by atoms with Crippen LogP contribution in [0, 0.1) is 0 Å². The molecule has 1 heterocycles. The second-order valence-electron chi connectivity index (χ2n) is 10.4. The minimum atomic E-state index is -0.00514. The first-order valence-electron chi connectivity index (χ1n) is 13.6. The maximum absolute atomic E-state index is 4.13. The van der Waals surface area contributed by atoms with E-state index in [2.05, 4.69) is 132 Å². The van der Waals surface area contributed by atoms with Gasteiger partial charge in [-0.25, -0.2) is 0 Å². The van der Waals surface area contributed by atoms with E-state index in [0.717, 1.165) is 13.1 Å². The summed E-state index contributed by atoms with van der Waals surface area (Å²) in [5.41, 5.74) is 5.66. The molecule has 0 bridgehead atoms. The lowest BCUT2D eigenvalue weighted by atomic mass is 9.55. The van der Waals surface area contributed by atoms with E-state index in [9.17, 15) is 0 Å². The van der Waals surface area contributed by atoms with Crippen molar-refractivity contribution in [3.63, 3.8) is 0 Å². The Kier molecular flexibility index (Phi) is 6.61. The maximum atomic E-state index is 4.13. The summed E-state index contributed by atoms with van der Waals surface area (Å²) >= 11 is 0. The Balaban J connectivity index is 1.56. The second kappa shape index (κ2) is 10.3. The van der Waals surface area contributed by atoms with Gasteiger partial charge in [0.15, 0.2) is 0 Å². The van der Waals surface area contributed by atoms with E-state index in [1.165, 1.54) is 48.1 Å². The van der Waals surface area contributed by atoms with Gasteiger partial charge in [-0.3, -0.25) is 0 Å². The fourth-order valence-electron chi connectivity index (χ4n) is 7.16. The summed E-state index contributed by atoms with van der Waals surface area (Å²) in [5, 5.41) is 4.13. The Bertz CT molecular complexity index is 1230. The Labute approximate surface area is 216 Å². The molecule has 4 unspecified atom stereocenters. The molecule has 2 aliphatic rings. The van der Waals surface area contributed by atoms with Crippen LogP contribution in [0.15, 0.2) is 121 Å². The Morgan fingerprint density at radius 1 is 0.639 bits per heavy atom. The number of anilines is 1. The number of rotatable bonds is 5. The third-order valence-electron chi connectivity index (χ3n) is 8.62. The molecule has 6 rings (SSSR count). The van der Waals surface area contributed by atoms with Gasteiger partial charge in [-0.05, 0) is 47.6 Å². The van der Waals surface area contributed by atoms with Gasteiger partial charge in [-0.15, -0.1) is 0 Å². The monoisotopic (exact) mass is 472 g/mol. The lowest BCUT2D eigenvalue weighted by molar-refractivity contribution is 0.144. The van der Waals surface area contributed by atoms with Gasteiger partial charge in [0.25, 0.3) is 0 Å². The van der Waals surface area contributed by atoms with E-state index in [-0.39, 0.29) is 17.5 Å². The van der Waals surface area contributed by atoms with Crippen LogP contribution in [0.3, 0.4) is 0 Å². The van der Waals surface area contributed by atoms with E-state index >= 15 is 0 Å². The third-order valence-corrected chi connectivity index (χ3v) is 8.62. The van der Waals surface area contributed by atoms with Crippen molar-refractivity contribution in [3.05, 3.63) is 138 Å². The number of nitrogens with one attached hydrogen (secondary N) is 1. The highest BCUT2D eigenvalue weighted by atomic mass is 15.2. The Morgan fingerprint density at radius 2 is 1.22 bits per heavy atom. The number of piperazine rings is 1. The number of hydrogen-bond acceptors (Lipinski definition) is 2. The lowest BCUT2D eigenvalue weighted by Gasteiger charge is -2.56. The van der Waals surface area contributed by atoms with Crippen LogP contribution >= 0.6 is 0 Å². The van der Waals surface area contributed by atoms with Gasteiger partial charge < -0.3 is 10.2 Å². The zero-order valence-electron chi connectivity index (χ0n) is 21.0. The van der Waals surface area contributed by atoms with Crippen molar-refractivity contribution in [2.75, 3.05) is 18.0 Å². The molecule has 2 fully saturated rings. The molecule has 0 radical (unpaired) electrons. The van der Waals surface area contributed by atoms with E-state index in [1.54, 1.807) is 0 Å². The summed E-state index contributed by atoms with van der Waals surface area (Å²) in [4.78, 5) is 2.66. The molecule has 2 heteroatoms. The third kappa shape index (κ3) is 4.14. The van der Waals surface area contributed by atoms with Gasteiger partial charge in [0.1, 0.15) is 0 Å². The molecule has 0 spiro atoms. The van der Waals surface area contributed by atoms with Crippen LogP contribution in [-0.4, -0.2) is 19.1 Å². The van der Waals surface area contributed by atoms with E-state index in [4.69, 9.17) is 0 Å². The highest BCUT2D eigenvalue weighted by Gasteiger charge is 2.53. The predicted molar refractivity (Wildman–Crippen MR) is 151 cm³/mol. The Morgan fingerprint density at radius 3 is 1.89 bits per heavy atom. The van der Waals surface area contributed by atoms with Crippen molar-refractivity contribution in [1.29, 1.82) is 0 Å². The molecule has 1 aliphatic heterocycles. The molecule has 4 aromatic carbocycles. The van der Waals surface area contributed by atoms with Gasteiger partial charge in [-0.1, -0.05) is 122 Å². The standard InChI is InChI=1S/C34H36N2/c1-5-15-27(16-6-1)31-23-13-14-24-34(31,29-19-9-3-10-20-29)33-32(28-17-7-2-8-18-28)36(26-25-35-33)30-21-11-4-12-22-30/h1-12,15-22,31-33,35H,13-14,23-26H2. The molecule has 0 amide bonds. The lowest BCUT2D eigenvalue weighted by Crippen LogP contribution is -2.63. The topological polar surface area (TPSA) is 15.3 Å². The van der Waals surface area contributed by atoms with Gasteiger partial charge in [0, 0.05) is 30.2 Å². The van der Waals surface area contributed by atoms with Crippen molar-refractivity contribution in [2.24, 2.45) is 0 Å². The van der Waals surface area contributed by atoms with Gasteiger partial charge >= 0.3 is 0 Å². The number of nitrogens with zero attached hydrogens (tertiary/aromatic N) is 1. The average Bonchev–Trinajstić information content (AvgIpc) is 2.98. The average molecular weight is 473 g/mol. The second-order valence-corrected chi connectivity index (χ2v) is 10.4. The molecule has 1 saturated carbocycles. The van der Waals surface area contributed by atoms with Crippen LogP contribution in [0.25, 0.3) is 0 Å². The van der Waals surface area contributed by atoms with Crippen LogP contribution in [0.2, 0.25) is 0 Å². The molecular weight excluding hydrogens is 436 g/mol. The first kappa shape index (κ1) is 23.1. The quantitative estimate of drug-likeness (QED) is 0.323. The molecule has 1 N–H and O–H groups in total. The summed E-state index contributed by atoms with van der Waals surface area (Å²) in [6, 6.07) is 45.5. The Hall–Kier alpha value is -3.36. The van der Waals surface area contributed by atoms with E-state index in [0.29, 0.717) is 5.92 Å². The van der Waals surface area contributed by atoms with Gasteiger partial charge in [0.2, 0.25) is 0 Å². The minimum absolute atomic E-state index is 0.00514. The number of para-hydroxylation sites is 1. The van der Waals surface area contributed by atoms with Crippen LogP contribution in [-0.2, 0) is 5.41 Å². The first-order chi connectivity index (χ1) is 17.9. The summed E-state index contributed by atoms with van der Waals surface area (Å²) in [7, 11) is 0. The normalized spacial score (nSPS) is 26.4. The highest BCUT2D eigenvalue weighted by molar-refractivity contribution is 5.52. The summed E-state index contributed by atoms with van der Waals surface area (Å²) in [6.45, 7) is 1.99. The van der Waals surface area contributed by atoms with E-state index < -0.39 is 0 Å². The smallest absolute Gasteiger partial charge is 0.0705 e. The zero-order chi connectivity index (χ0) is 24.2. The summed E-state index contributed by atoms with van der Waals surface area (Å²) in [5.74, 6) is 0.467. The van der Waals surface area contributed by atoms with Crippen molar-refractivity contribution >= 4 is 5.69 Å². The van der Waals surface area contributed by atoms with Crippen LogP contribution in [0.5, 0.6) is 0 Å². The molecule has 36 heavy (non-hydrogen) atoms. The molecule has 0 aromatic heterocycles. The van der Waals surface area contributed by atoms with Crippen molar-refractivity contribution in [1.82, 2.24) is 5.32 Å². The summed E-state index contributed by atoms with van der Waals surface area (Å²) < 4.78 is 0. The molecule has 1 saturated heterocycles. The first-order valence-corrected chi connectivity index (χ1v) is 13.6. The van der Waals surface area contributed by atoms with E-state index in [1.807, 2.05) is 0 Å². The van der Waals surface area contributed by atoms with Crippen molar-refractivity contribution < 1.29 is 0 Å². The molecule has 4 aromatic rings. The van der Waals surface area contributed by atoms with Crippen LogP contribution < -0.4 is 10.2 Å². The van der Waals surface area contributed by atoms with Gasteiger partial charge in [0.05, 0.1) is 6.04 Å². The van der Waals surface area contributed by atoms with Crippen LogP contribution in [0.1, 0.15) is 54.3 Å². The van der Waals surface area contributed by atoms with Crippen molar-refractivity contribution in [2.45, 2.75) is 49.1 Å². The fourth-order valence-corrected chi connectivity index (χ4v) is 7.16. The van der Waals surface area contributed by atoms with Crippen molar-refractivity contribution in [3.8, 4) is 0 Å². The summed E-state index contributed by atoms with van der Waals surface area (Å²) in [6.07, 6.45) is 4.98. The fraction of sp³-hybridized carbons (Fsp3) is 0.294. The molecule has 4 atom stereocenters. The minimum Gasteiger partial charge on any atom is -0.362 e. The van der Waals surface area contributed by atoms with Crippen LogP contribution in [0.4, 0.5) is 5.69 Å². The zero-order valence-corrected chi connectivity index (χ0v) is 21.0. The SMILES string of the molecule is c1ccc(C2C(C3(c4ccccc4)CCCCC3c3ccccc3)NCCN2c2ccccc2)cc1. The molecular formula is C34H36N2. The highest BCUT2D eigenvalue weighted by Crippen LogP contribution is 2.55.